The summed E-state index contributed by atoms with van der Waals surface area (Å²) in [5, 5.41) is 3.17. The Bertz CT molecular complexity index is 685. The van der Waals surface area contributed by atoms with Gasteiger partial charge in [-0.2, -0.15) is 0 Å². The first-order valence-electron chi connectivity index (χ1n) is 8.25. The molecule has 0 radical (unpaired) electrons. The number of thiazole rings is 1. The first-order valence-corrected chi connectivity index (χ1v) is 9.13. The maximum atomic E-state index is 5.91. The van der Waals surface area contributed by atoms with Gasteiger partial charge in [0.05, 0.1) is 17.5 Å². The lowest BCUT2D eigenvalue weighted by atomic mass is 9.57. The van der Waals surface area contributed by atoms with Crippen molar-refractivity contribution in [3.63, 3.8) is 0 Å². The van der Waals surface area contributed by atoms with Crippen molar-refractivity contribution in [1.29, 1.82) is 0 Å². The van der Waals surface area contributed by atoms with Crippen molar-refractivity contribution in [1.82, 2.24) is 14.9 Å². The first-order chi connectivity index (χ1) is 11.1. The highest BCUT2D eigenvalue weighted by atomic mass is 32.1. The van der Waals surface area contributed by atoms with Gasteiger partial charge >= 0.3 is 0 Å². The lowest BCUT2D eigenvalue weighted by molar-refractivity contribution is -0.151. The summed E-state index contributed by atoms with van der Waals surface area (Å²) in [6.45, 7) is 6.48. The molecule has 2 aromatic heterocycles. The second-order valence-corrected chi connectivity index (χ2v) is 8.14. The van der Waals surface area contributed by atoms with Crippen molar-refractivity contribution in [2.75, 3.05) is 13.7 Å². The molecular weight excluding hydrogens is 306 g/mol. The van der Waals surface area contributed by atoms with Gasteiger partial charge in [0.15, 0.2) is 0 Å². The molecule has 4 rings (SSSR count). The second kappa shape index (κ2) is 5.65. The minimum atomic E-state index is 0.232. The van der Waals surface area contributed by atoms with Crippen LogP contribution in [0.5, 0.6) is 0 Å². The Labute approximate surface area is 141 Å². The molecule has 0 spiro atoms. The largest absolute Gasteiger partial charge is 0.377 e. The van der Waals surface area contributed by atoms with Crippen LogP contribution in [0.15, 0.2) is 29.8 Å². The average molecular weight is 329 g/mol. The van der Waals surface area contributed by atoms with Crippen LogP contribution in [0.4, 0.5) is 0 Å². The van der Waals surface area contributed by atoms with Crippen LogP contribution in [0, 0.1) is 11.3 Å². The van der Waals surface area contributed by atoms with Crippen molar-refractivity contribution < 1.29 is 4.74 Å². The molecule has 0 unspecified atom stereocenters. The molecule has 2 aliphatic rings. The molecule has 1 saturated heterocycles. The maximum Gasteiger partial charge on any atom is 0.142 e. The number of fused-ring (bicyclic) bond motifs is 1. The molecule has 1 saturated carbocycles. The molecular formula is C18H23N3OS. The van der Waals surface area contributed by atoms with Gasteiger partial charge in [-0.25, -0.2) is 4.98 Å². The van der Waals surface area contributed by atoms with Gasteiger partial charge in [-0.05, 0) is 25.6 Å². The first kappa shape index (κ1) is 15.2. The maximum absolute atomic E-state index is 5.91. The lowest BCUT2D eigenvalue weighted by Crippen LogP contribution is -2.65. The van der Waals surface area contributed by atoms with E-state index in [0.717, 1.165) is 29.5 Å². The van der Waals surface area contributed by atoms with Gasteiger partial charge in [-0.15, -0.1) is 11.3 Å². The smallest absolute Gasteiger partial charge is 0.142 e. The third-order valence-electron chi connectivity index (χ3n) is 5.36. The molecule has 3 atom stereocenters. The van der Waals surface area contributed by atoms with Crippen LogP contribution in [0.1, 0.15) is 26.0 Å². The van der Waals surface area contributed by atoms with Gasteiger partial charge in [-0.3, -0.25) is 9.88 Å². The number of rotatable bonds is 4. The molecule has 0 bridgehead atoms. The quantitative estimate of drug-likeness (QED) is 0.861. The van der Waals surface area contributed by atoms with E-state index in [1.807, 2.05) is 24.4 Å². The molecule has 0 aromatic carbocycles. The minimum absolute atomic E-state index is 0.232. The Hall–Kier alpha value is -1.30. The number of pyridine rings is 1. The van der Waals surface area contributed by atoms with Crippen LogP contribution in [-0.2, 0) is 11.3 Å². The third kappa shape index (κ3) is 2.51. The van der Waals surface area contributed by atoms with E-state index in [9.17, 15) is 0 Å². The van der Waals surface area contributed by atoms with E-state index in [4.69, 9.17) is 9.72 Å². The summed E-state index contributed by atoms with van der Waals surface area (Å²) in [5.74, 6) is 0.684. The summed E-state index contributed by atoms with van der Waals surface area (Å²) in [5.41, 5.74) is 2.33. The van der Waals surface area contributed by atoms with E-state index < -0.39 is 0 Å². The highest BCUT2D eigenvalue weighted by Crippen LogP contribution is 2.54. The summed E-state index contributed by atoms with van der Waals surface area (Å²) < 4.78 is 5.91. The Morgan fingerprint density at radius 1 is 1.39 bits per heavy atom. The second-order valence-electron chi connectivity index (χ2n) is 7.28. The van der Waals surface area contributed by atoms with E-state index in [0.29, 0.717) is 18.1 Å². The molecule has 4 nitrogen and oxygen atoms in total. The van der Waals surface area contributed by atoms with E-state index in [2.05, 4.69) is 36.2 Å². The molecule has 1 aliphatic carbocycles. The summed E-state index contributed by atoms with van der Waals surface area (Å²) in [6.07, 6.45) is 3.45. The number of nitrogens with zero attached hydrogens (tertiary/aromatic N) is 3. The van der Waals surface area contributed by atoms with Crippen molar-refractivity contribution >= 4 is 11.3 Å². The number of ether oxygens (including phenoxy) is 1. The molecule has 2 aromatic rings. The van der Waals surface area contributed by atoms with E-state index in [1.165, 1.54) is 6.42 Å². The molecule has 0 amide bonds. The van der Waals surface area contributed by atoms with Crippen LogP contribution in [0.2, 0.25) is 0 Å². The van der Waals surface area contributed by atoms with Gasteiger partial charge in [0.2, 0.25) is 0 Å². The number of hydrogen-bond donors (Lipinski definition) is 0. The molecule has 122 valence electrons. The monoisotopic (exact) mass is 329 g/mol. The van der Waals surface area contributed by atoms with Crippen LogP contribution in [0.3, 0.4) is 0 Å². The van der Waals surface area contributed by atoms with E-state index in [-0.39, 0.29) is 5.41 Å². The fourth-order valence-corrected chi connectivity index (χ4v) is 5.32. The van der Waals surface area contributed by atoms with E-state index >= 15 is 0 Å². The normalized spacial score (nSPS) is 28.6. The third-order valence-corrected chi connectivity index (χ3v) is 6.27. The van der Waals surface area contributed by atoms with Crippen LogP contribution >= 0.6 is 11.3 Å². The summed E-state index contributed by atoms with van der Waals surface area (Å²) in [4.78, 5) is 11.6. The molecule has 0 N–H and O–H groups in total. The Morgan fingerprint density at radius 2 is 2.26 bits per heavy atom. The molecule has 2 fully saturated rings. The van der Waals surface area contributed by atoms with Crippen LogP contribution in [0.25, 0.3) is 10.7 Å². The molecule has 3 heterocycles. The van der Waals surface area contributed by atoms with Gasteiger partial charge < -0.3 is 4.74 Å². The minimum Gasteiger partial charge on any atom is -0.377 e. The van der Waals surface area contributed by atoms with Gasteiger partial charge in [0.1, 0.15) is 5.01 Å². The Kier molecular flexibility index (Phi) is 3.75. The Morgan fingerprint density at radius 3 is 3.04 bits per heavy atom. The molecule has 1 aliphatic heterocycles. The Balaban J connectivity index is 1.47. The standard InChI is InChI=1S/C18H23N3OS/c1-18(2)15(13-7-9-22-16(13)18)21(3)10-12-11-23-17(20-12)14-6-4-5-8-19-14/h4-6,8,11,13,15-16H,7,9-10H2,1-3H3/t13-,15+,16-/m0/s1. The zero-order valence-corrected chi connectivity index (χ0v) is 14.7. The van der Waals surface area contributed by atoms with Gasteiger partial charge in [0, 0.05) is 42.1 Å². The summed E-state index contributed by atoms with van der Waals surface area (Å²) in [7, 11) is 2.22. The van der Waals surface area contributed by atoms with Gasteiger partial charge in [-0.1, -0.05) is 19.9 Å². The SMILES string of the molecule is CN(Cc1csc(-c2ccccn2)n1)[C@@H]1[C@@H]2CCO[C@@H]2C1(C)C. The molecule has 5 heteroatoms. The highest BCUT2D eigenvalue weighted by molar-refractivity contribution is 7.13. The lowest BCUT2D eigenvalue weighted by Gasteiger charge is -2.57. The molecule has 23 heavy (non-hydrogen) atoms. The predicted molar refractivity (Wildman–Crippen MR) is 92.2 cm³/mol. The summed E-state index contributed by atoms with van der Waals surface area (Å²) in [6, 6.07) is 6.54. The van der Waals surface area contributed by atoms with Crippen LogP contribution in [-0.4, -0.2) is 40.7 Å². The fraction of sp³-hybridized carbons (Fsp3) is 0.556. The van der Waals surface area contributed by atoms with E-state index in [1.54, 1.807) is 11.3 Å². The fourth-order valence-electron chi connectivity index (χ4n) is 4.53. The highest BCUT2D eigenvalue weighted by Gasteiger charge is 2.60. The van der Waals surface area contributed by atoms with Crippen molar-refractivity contribution in [3.8, 4) is 10.7 Å². The number of aromatic nitrogens is 2. The zero-order chi connectivity index (χ0) is 16.0. The van der Waals surface area contributed by atoms with Crippen molar-refractivity contribution in [3.05, 3.63) is 35.5 Å². The van der Waals surface area contributed by atoms with Gasteiger partial charge in [0.25, 0.3) is 0 Å². The number of hydrogen-bond acceptors (Lipinski definition) is 5. The van der Waals surface area contributed by atoms with Crippen molar-refractivity contribution in [2.24, 2.45) is 11.3 Å². The topological polar surface area (TPSA) is 38.2 Å². The average Bonchev–Trinajstić information content (AvgIpc) is 3.16. The predicted octanol–water partition coefficient (Wildman–Crippen LogP) is 3.45. The van der Waals surface area contributed by atoms with Crippen LogP contribution < -0.4 is 0 Å². The van der Waals surface area contributed by atoms with Crippen molar-refractivity contribution in [2.45, 2.75) is 39.0 Å². The summed E-state index contributed by atoms with van der Waals surface area (Å²) >= 11 is 1.68. The zero-order valence-electron chi connectivity index (χ0n) is 13.9.